The Balaban J connectivity index is 2.08. The largest absolute Gasteiger partial charge is 0.481 e. The molecule has 1 aliphatic rings. The van der Waals surface area contributed by atoms with Crippen LogP contribution in [0.5, 0.6) is 0 Å². The molecule has 0 unspecified atom stereocenters. The maximum Gasteiger partial charge on any atom is 0.314 e. The molecule has 2 rings (SSSR count). The average Bonchev–Trinajstić information content (AvgIpc) is 3.18. The number of benzene rings is 1. The highest BCUT2D eigenvalue weighted by Gasteiger charge is 2.51. The van der Waals surface area contributed by atoms with Crippen molar-refractivity contribution in [2.45, 2.75) is 31.6 Å². The van der Waals surface area contributed by atoms with Crippen LogP contribution in [0.2, 0.25) is 0 Å². The van der Waals surface area contributed by atoms with Crippen LogP contribution in [0.25, 0.3) is 0 Å². The van der Waals surface area contributed by atoms with Gasteiger partial charge >= 0.3 is 5.97 Å². The zero-order valence-electron chi connectivity index (χ0n) is 11.2. The molecule has 1 aromatic rings. The molecule has 3 N–H and O–H groups in total. The van der Waals surface area contributed by atoms with E-state index in [0.717, 1.165) is 5.56 Å². The summed E-state index contributed by atoms with van der Waals surface area (Å²) in [5.41, 5.74) is 0.366. The first-order valence-electron chi connectivity index (χ1n) is 6.51. The summed E-state index contributed by atoms with van der Waals surface area (Å²) in [6.07, 6.45) is 1.97. The SMILES string of the molecule is CCCNS(=O)(=O)Nc1ccc(C2(C(=O)O)CC2)cc1. The topological polar surface area (TPSA) is 95.5 Å². The van der Waals surface area contributed by atoms with Crippen LogP contribution in [0, 0.1) is 0 Å². The molecule has 0 saturated heterocycles. The lowest BCUT2D eigenvalue weighted by atomic mass is 9.96. The molecule has 7 heteroatoms. The highest BCUT2D eigenvalue weighted by molar-refractivity contribution is 7.90. The number of carbonyl (C=O) groups is 1. The van der Waals surface area contributed by atoms with Crippen LogP contribution >= 0.6 is 0 Å². The summed E-state index contributed by atoms with van der Waals surface area (Å²) in [7, 11) is -3.56. The zero-order chi connectivity index (χ0) is 14.8. The van der Waals surface area contributed by atoms with Gasteiger partial charge in [-0.25, -0.2) is 0 Å². The predicted molar refractivity (Wildman–Crippen MR) is 75.8 cm³/mol. The molecular weight excluding hydrogens is 280 g/mol. The molecule has 0 radical (unpaired) electrons. The third-order valence-electron chi connectivity index (χ3n) is 3.39. The molecule has 0 amide bonds. The highest BCUT2D eigenvalue weighted by Crippen LogP contribution is 2.48. The van der Waals surface area contributed by atoms with E-state index in [1.807, 2.05) is 6.92 Å². The van der Waals surface area contributed by atoms with E-state index in [0.29, 0.717) is 31.5 Å². The standard InChI is InChI=1S/C13H18N2O4S/c1-2-9-14-20(18,19)15-11-5-3-10(4-6-11)13(7-8-13)12(16)17/h3-6,14-15H,2,7-9H2,1H3,(H,16,17). The van der Waals surface area contributed by atoms with Crippen molar-refractivity contribution in [3.05, 3.63) is 29.8 Å². The molecule has 20 heavy (non-hydrogen) atoms. The maximum atomic E-state index is 11.6. The highest BCUT2D eigenvalue weighted by atomic mass is 32.2. The lowest BCUT2D eigenvalue weighted by Gasteiger charge is -2.12. The lowest BCUT2D eigenvalue weighted by Crippen LogP contribution is -2.30. The second kappa shape index (κ2) is 5.41. The monoisotopic (exact) mass is 298 g/mol. The van der Waals surface area contributed by atoms with Crippen molar-refractivity contribution in [1.82, 2.24) is 4.72 Å². The lowest BCUT2D eigenvalue weighted by molar-refractivity contribution is -0.140. The van der Waals surface area contributed by atoms with Crippen LogP contribution in [-0.2, 0) is 20.4 Å². The van der Waals surface area contributed by atoms with Gasteiger partial charge in [0.1, 0.15) is 0 Å². The summed E-state index contributed by atoms with van der Waals surface area (Å²) >= 11 is 0. The van der Waals surface area contributed by atoms with E-state index in [2.05, 4.69) is 9.44 Å². The van der Waals surface area contributed by atoms with E-state index in [-0.39, 0.29) is 0 Å². The van der Waals surface area contributed by atoms with E-state index in [9.17, 15) is 18.3 Å². The number of rotatable bonds is 7. The molecular formula is C13H18N2O4S. The van der Waals surface area contributed by atoms with Crippen LogP contribution < -0.4 is 9.44 Å². The zero-order valence-corrected chi connectivity index (χ0v) is 12.0. The fourth-order valence-corrected chi connectivity index (χ4v) is 3.03. The summed E-state index contributed by atoms with van der Waals surface area (Å²) in [6, 6.07) is 6.50. The number of nitrogens with one attached hydrogen (secondary N) is 2. The molecule has 0 aliphatic heterocycles. The molecule has 6 nitrogen and oxygen atoms in total. The number of aliphatic carboxylic acids is 1. The van der Waals surface area contributed by atoms with Crippen LogP contribution in [0.3, 0.4) is 0 Å². The molecule has 0 spiro atoms. The van der Waals surface area contributed by atoms with Crippen LogP contribution in [0.15, 0.2) is 24.3 Å². The third kappa shape index (κ3) is 3.10. The summed E-state index contributed by atoms with van der Waals surface area (Å²) in [5.74, 6) is -0.824. The van der Waals surface area contributed by atoms with Crippen LogP contribution in [0.1, 0.15) is 31.7 Å². The smallest absolute Gasteiger partial charge is 0.314 e. The number of hydrogen-bond donors (Lipinski definition) is 3. The van der Waals surface area contributed by atoms with E-state index in [1.165, 1.54) is 0 Å². The Morgan fingerprint density at radius 2 is 1.90 bits per heavy atom. The Morgan fingerprint density at radius 3 is 2.35 bits per heavy atom. The van der Waals surface area contributed by atoms with Crippen molar-refractivity contribution in [2.24, 2.45) is 0 Å². The van der Waals surface area contributed by atoms with Gasteiger partial charge in [-0.15, -0.1) is 0 Å². The van der Waals surface area contributed by atoms with E-state index in [1.54, 1.807) is 24.3 Å². The molecule has 1 aliphatic carbocycles. The van der Waals surface area contributed by atoms with Gasteiger partial charge < -0.3 is 5.11 Å². The van der Waals surface area contributed by atoms with Gasteiger partial charge in [0.15, 0.2) is 0 Å². The van der Waals surface area contributed by atoms with Gasteiger partial charge in [-0.05, 0) is 37.0 Å². The Kier molecular flexibility index (Phi) is 4.01. The second-order valence-corrected chi connectivity index (χ2v) is 6.46. The van der Waals surface area contributed by atoms with Crippen molar-refractivity contribution in [2.75, 3.05) is 11.3 Å². The predicted octanol–water partition coefficient (Wildman–Crippen LogP) is 1.46. The van der Waals surface area contributed by atoms with Crippen molar-refractivity contribution in [3.63, 3.8) is 0 Å². The molecule has 0 heterocycles. The normalized spacial score (nSPS) is 16.6. The van der Waals surface area contributed by atoms with Gasteiger partial charge in [-0.3, -0.25) is 9.52 Å². The van der Waals surface area contributed by atoms with Gasteiger partial charge in [-0.1, -0.05) is 19.1 Å². The molecule has 1 fully saturated rings. The molecule has 1 saturated carbocycles. The van der Waals surface area contributed by atoms with E-state index < -0.39 is 21.6 Å². The fraction of sp³-hybridized carbons (Fsp3) is 0.462. The van der Waals surface area contributed by atoms with E-state index in [4.69, 9.17) is 0 Å². The first-order valence-corrected chi connectivity index (χ1v) is 7.99. The van der Waals surface area contributed by atoms with Gasteiger partial charge in [0.25, 0.3) is 10.2 Å². The Bertz CT molecular complexity index is 591. The molecule has 0 atom stereocenters. The second-order valence-electron chi connectivity index (χ2n) is 4.96. The number of carboxylic acids is 1. The minimum atomic E-state index is -3.56. The van der Waals surface area contributed by atoms with Gasteiger partial charge in [0.2, 0.25) is 0 Å². The minimum absolute atomic E-state index is 0.371. The number of carboxylic acid groups (broad SMARTS) is 1. The van der Waals surface area contributed by atoms with Crippen LogP contribution in [-0.4, -0.2) is 26.0 Å². The third-order valence-corrected chi connectivity index (χ3v) is 4.48. The van der Waals surface area contributed by atoms with Crippen molar-refractivity contribution in [1.29, 1.82) is 0 Å². The average molecular weight is 298 g/mol. The van der Waals surface area contributed by atoms with Crippen molar-refractivity contribution < 1.29 is 18.3 Å². The van der Waals surface area contributed by atoms with Crippen molar-refractivity contribution >= 4 is 21.9 Å². The minimum Gasteiger partial charge on any atom is -0.481 e. The van der Waals surface area contributed by atoms with E-state index >= 15 is 0 Å². The molecule has 110 valence electrons. The van der Waals surface area contributed by atoms with Gasteiger partial charge in [-0.2, -0.15) is 13.1 Å². The summed E-state index contributed by atoms with van der Waals surface area (Å²) in [4.78, 5) is 11.2. The number of anilines is 1. The fourth-order valence-electron chi connectivity index (χ4n) is 2.04. The first kappa shape index (κ1) is 14.8. The van der Waals surface area contributed by atoms with Gasteiger partial charge in [0.05, 0.1) is 5.41 Å². The van der Waals surface area contributed by atoms with Gasteiger partial charge in [0, 0.05) is 12.2 Å². The molecule has 1 aromatic carbocycles. The number of hydrogen-bond acceptors (Lipinski definition) is 3. The Morgan fingerprint density at radius 1 is 1.30 bits per heavy atom. The first-order chi connectivity index (χ1) is 9.39. The molecule has 0 bridgehead atoms. The maximum absolute atomic E-state index is 11.6. The quantitative estimate of drug-likeness (QED) is 0.710. The molecule has 0 aromatic heterocycles. The summed E-state index contributed by atoms with van der Waals surface area (Å²) in [5, 5.41) is 9.19. The summed E-state index contributed by atoms with van der Waals surface area (Å²) in [6.45, 7) is 2.24. The Hall–Kier alpha value is -1.60. The van der Waals surface area contributed by atoms with Crippen LogP contribution in [0.4, 0.5) is 5.69 Å². The summed E-state index contributed by atoms with van der Waals surface area (Å²) < 4.78 is 28.1. The van der Waals surface area contributed by atoms with Crippen molar-refractivity contribution in [3.8, 4) is 0 Å². The Labute approximate surface area is 118 Å².